The molecule has 0 atom stereocenters. The van der Waals surface area contributed by atoms with Gasteiger partial charge in [-0.15, -0.1) is 0 Å². The second-order valence-corrected chi connectivity index (χ2v) is 5.88. The van der Waals surface area contributed by atoms with Gasteiger partial charge < -0.3 is 10.3 Å². The Hall–Kier alpha value is -1.78. The molecular weight excluding hydrogens is 238 g/mol. The molecule has 2 aromatic heterocycles. The van der Waals surface area contributed by atoms with Crippen molar-refractivity contribution in [2.75, 3.05) is 5.73 Å². The number of rotatable bonds is 3. The first-order valence-electron chi connectivity index (χ1n) is 7.03. The predicted molar refractivity (Wildman–Crippen MR) is 73.8 cm³/mol. The minimum Gasteiger partial charge on any atom is -0.383 e. The Kier molecular flexibility index (Phi) is 2.11. The molecule has 5 nitrogen and oxygen atoms in total. The lowest BCUT2D eigenvalue weighted by molar-refractivity contribution is 0.691. The molecule has 4 rings (SSSR count). The predicted octanol–water partition coefficient (Wildman–Crippen LogP) is 2.39. The number of aryl methyl sites for hydroxylation is 2. The third kappa shape index (κ3) is 1.68. The molecule has 2 N–H and O–H groups in total. The van der Waals surface area contributed by atoms with Crippen molar-refractivity contribution >= 4 is 5.82 Å². The van der Waals surface area contributed by atoms with E-state index < -0.39 is 0 Å². The van der Waals surface area contributed by atoms with Crippen LogP contribution in [0.25, 0.3) is 11.3 Å². The Morgan fingerprint density at radius 2 is 2.00 bits per heavy atom. The van der Waals surface area contributed by atoms with Crippen LogP contribution in [0.2, 0.25) is 0 Å². The molecule has 2 heterocycles. The summed E-state index contributed by atoms with van der Waals surface area (Å²) in [5, 5.41) is 4.40. The van der Waals surface area contributed by atoms with Crippen molar-refractivity contribution in [2.24, 2.45) is 7.05 Å². The van der Waals surface area contributed by atoms with Gasteiger partial charge in [0.1, 0.15) is 17.3 Å². The van der Waals surface area contributed by atoms with Gasteiger partial charge in [0.2, 0.25) is 0 Å². The summed E-state index contributed by atoms with van der Waals surface area (Å²) in [6, 6.07) is 0.592. The van der Waals surface area contributed by atoms with E-state index in [-0.39, 0.29) is 0 Å². The molecule has 0 aliphatic heterocycles. The molecule has 0 amide bonds. The van der Waals surface area contributed by atoms with E-state index in [1.807, 2.05) is 24.9 Å². The number of hydrogen-bond donors (Lipinski definition) is 1. The highest BCUT2D eigenvalue weighted by Crippen LogP contribution is 2.48. The van der Waals surface area contributed by atoms with Crippen molar-refractivity contribution < 1.29 is 0 Å². The van der Waals surface area contributed by atoms with Crippen molar-refractivity contribution in [3.8, 4) is 11.3 Å². The molecule has 19 heavy (non-hydrogen) atoms. The maximum absolute atomic E-state index is 6.38. The van der Waals surface area contributed by atoms with E-state index in [0.29, 0.717) is 12.0 Å². The Morgan fingerprint density at radius 1 is 1.26 bits per heavy atom. The highest BCUT2D eigenvalue weighted by atomic mass is 15.3. The first-order chi connectivity index (χ1) is 9.15. The summed E-state index contributed by atoms with van der Waals surface area (Å²) in [7, 11) is 1.94. The molecule has 0 unspecified atom stereocenters. The Balaban J connectivity index is 1.88. The molecule has 0 radical (unpaired) electrons. The highest BCUT2D eigenvalue weighted by molar-refractivity contribution is 5.72. The molecular formula is C14H19N5. The molecule has 2 fully saturated rings. The van der Waals surface area contributed by atoms with Crippen LogP contribution < -0.4 is 5.73 Å². The van der Waals surface area contributed by atoms with Gasteiger partial charge >= 0.3 is 0 Å². The molecule has 5 heteroatoms. The zero-order valence-electron chi connectivity index (χ0n) is 11.4. The van der Waals surface area contributed by atoms with Gasteiger partial charge in [0, 0.05) is 30.8 Å². The Labute approximate surface area is 112 Å². The third-order valence-corrected chi connectivity index (χ3v) is 4.10. The molecule has 2 aliphatic carbocycles. The number of anilines is 1. The van der Waals surface area contributed by atoms with Crippen LogP contribution in [0.5, 0.6) is 0 Å². The Bertz CT molecular complexity index is 643. The molecule has 0 spiro atoms. The minimum absolute atomic E-state index is 0.592. The zero-order chi connectivity index (χ0) is 13.1. The summed E-state index contributed by atoms with van der Waals surface area (Å²) in [6.07, 6.45) is 7.02. The van der Waals surface area contributed by atoms with Crippen LogP contribution in [0.1, 0.15) is 49.2 Å². The van der Waals surface area contributed by atoms with E-state index in [1.165, 1.54) is 31.5 Å². The monoisotopic (exact) mass is 257 g/mol. The lowest BCUT2D eigenvalue weighted by Crippen LogP contribution is -2.04. The number of nitrogens with zero attached hydrogens (tertiary/aromatic N) is 4. The van der Waals surface area contributed by atoms with Crippen molar-refractivity contribution in [2.45, 2.75) is 44.6 Å². The summed E-state index contributed by atoms with van der Waals surface area (Å²) in [5.74, 6) is 2.67. The van der Waals surface area contributed by atoms with Gasteiger partial charge in [0.15, 0.2) is 0 Å². The van der Waals surface area contributed by atoms with E-state index in [4.69, 9.17) is 10.7 Å². The fourth-order valence-electron chi connectivity index (χ4n) is 2.84. The van der Waals surface area contributed by atoms with Crippen LogP contribution in [0.4, 0.5) is 5.82 Å². The van der Waals surface area contributed by atoms with Crippen LogP contribution in [0.15, 0.2) is 6.20 Å². The fourth-order valence-corrected chi connectivity index (χ4v) is 2.84. The lowest BCUT2D eigenvalue weighted by atomic mass is 10.2. The zero-order valence-corrected chi connectivity index (χ0v) is 11.4. The number of aromatic nitrogens is 4. The van der Waals surface area contributed by atoms with Crippen molar-refractivity contribution in [3.63, 3.8) is 0 Å². The highest BCUT2D eigenvalue weighted by Gasteiger charge is 2.37. The number of imidazole rings is 1. The number of nitrogens with two attached hydrogens (primary N) is 1. The molecule has 2 aliphatic rings. The standard InChI is InChI=1S/C14H19N5/c1-8-11(7-18(2)17-8)12-13(15)19(10-5-6-10)14(16-12)9-3-4-9/h7,9-10H,3-6,15H2,1-2H3. The van der Waals surface area contributed by atoms with E-state index in [2.05, 4.69) is 9.67 Å². The van der Waals surface area contributed by atoms with Gasteiger partial charge in [-0.3, -0.25) is 4.68 Å². The van der Waals surface area contributed by atoms with Crippen LogP contribution in [-0.2, 0) is 7.05 Å². The number of hydrogen-bond acceptors (Lipinski definition) is 3. The van der Waals surface area contributed by atoms with Gasteiger partial charge in [-0.25, -0.2) is 4.98 Å². The van der Waals surface area contributed by atoms with Crippen LogP contribution in [0, 0.1) is 6.92 Å². The topological polar surface area (TPSA) is 61.7 Å². The molecule has 0 bridgehead atoms. The number of nitrogen functional groups attached to an aromatic ring is 1. The molecule has 100 valence electrons. The first-order valence-corrected chi connectivity index (χ1v) is 7.03. The molecule has 2 aromatic rings. The largest absolute Gasteiger partial charge is 0.383 e. The van der Waals surface area contributed by atoms with Crippen molar-refractivity contribution in [1.29, 1.82) is 0 Å². The molecule has 2 saturated carbocycles. The van der Waals surface area contributed by atoms with Gasteiger partial charge in [-0.2, -0.15) is 5.10 Å². The first kappa shape index (κ1) is 11.1. The Morgan fingerprint density at radius 3 is 2.53 bits per heavy atom. The van der Waals surface area contributed by atoms with E-state index in [0.717, 1.165) is 22.8 Å². The summed E-state index contributed by atoms with van der Waals surface area (Å²) < 4.78 is 4.12. The minimum atomic E-state index is 0.592. The van der Waals surface area contributed by atoms with Crippen LogP contribution in [0.3, 0.4) is 0 Å². The average Bonchev–Trinajstić information content (AvgIpc) is 3.25. The van der Waals surface area contributed by atoms with Crippen molar-refractivity contribution in [1.82, 2.24) is 19.3 Å². The second kappa shape index (κ2) is 3.62. The van der Waals surface area contributed by atoms with Crippen LogP contribution in [-0.4, -0.2) is 19.3 Å². The van der Waals surface area contributed by atoms with E-state index >= 15 is 0 Å². The van der Waals surface area contributed by atoms with E-state index in [1.54, 1.807) is 0 Å². The van der Waals surface area contributed by atoms with Crippen molar-refractivity contribution in [3.05, 3.63) is 17.7 Å². The summed E-state index contributed by atoms with van der Waals surface area (Å²) >= 11 is 0. The maximum atomic E-state index is 6.38. The molecule has 0 aromatic carbocycles. The SMILES string of the molecule is Cc1nn(C)cc1-c1nc(C2CC2)n(C2CC2)c1N. The molecule has 0 saturated heterocycles. The van der Waals surface area contributed by atoms with Gasteiger partial charge in [-0.05, 0) is 32.6 Å². The maximum Gasteiger partial charge on any atom is 0.132 e. The quantitative estimate of drug-likeness (QED) is 0.918. The van der Waals surface area contributed by atoms with Crippen LogP contribution >= 0.6 is 0 Å². The summed E-state index contributed by atoms with van der Waals surface area (Å²) in [5.41, 5.74) is 9.38. The van der Waals surface area contributed by atoms with Gasteiger partial charge in [0.25, 0.3) is 0 Å². The second-order valence-electron chi connectivity index (χ2n) is 5.88. The average molecular weight is 257 g/mol. The van der Waals surface area contributed by atoms with Gasteiger partial charge in [-0.1, -0.05) is 0 Å². The fraction of sp³-hybridized carbons (Fsp3) is 0.571. The van der Waals surface area contributed by atoms with Gasteiger partial charge in [0.05, 0.1) is 5.69 Å². The van der Waals surface area contributed by atoms with E-state index in [9.17, 15) is 0 Å². The normalized spacial score (nSPS) is 19.1. The lowest BCUT2D eigenvalue weighted by Gasteiger charge is -2.06. The summed E-state index contributed by atoms with van der Waals surface area (Å²) in [4.78, 5) is 4.86. The smallest absolute Gasteiger partial charge is 0.132 e. The third-order valence-electron chi connectivity index (χ3n) is 4.10. The summed E-state index contributed by atoms with van der Waals surface area (Å²) in [6.45, 7) is 2.02.